The van der Waals surface area contributed by atoms with Crippen molar-refractivity contribution in [3.05, 3.63) is 38.7 Å². The summed E-state index contributed by atoms with van der Waals surface area (Å²) in [6, 6.07) is 4.39. The van der Waals surface area contributed by atoms with E-state index in [1.165, 1.54) is 26.0 Å². The molecule has 1 aliphatic rings. The molecule has 3 rings (SSSR count). The van der Waals surface area contributed by atoms with Gasteiger partial charge in [0.15, 0.2) is 6.10 Å². The maximum Gasteiger partial charge on any atom is 0.336 e. The third kappa shape index (κ3) is 7.36. The molecule has 2 aromatic rings. The number of rotatable bonds is 9. The van der Waals surface area contributed by atoms with Crippen LogP contribution < -0.4 is 10.4 Å². The van der Waals surface area contributed by atoms with Crippen molar-refractivity contribution in [2.24, 2.45) is 11.8 Å². The molecule has 0 radical (unpaired) electrons. The van der Waals surface area contributed by atoms with Gasteiger partial charge in [0.25, 0.3) is 0 Å². The molecule has 1 aromatic heterocycles. The SMILES string of the molecule is C#CCCC(=O)OCc1cc(=O)oc2cc(O[C@@H]3O[C@H](COC(C)=O)[C@H](C)[C@H](C)[C@H]3OC(C)=O)c(Br)cc12. The Balaban J connectivity index is 1.90. The van der Waals surface area contributed by atoms with Gasteiger partial charge < -0.3 is 28.1 Å². The summed E-state index contributed by atoms with van der Waals surface area (Å²) in [5.41, 5.74) is -0.0210. The van der Waals surface area contributed by atoms with Gasteiger partial charge in [0.05, 0.1) is 17.0 Å². The topological polar surface area (TPSA) is 128 Å². The molecule has 0 aliphatic carbocycles. The molecule has 1 aromatic carbocycles. The standard InChI is InChI=1S/C27H29BrO10/c1-6-7-8-24(31)34-12-18-9-25(32)36-21-11-22(20(28)10-19(18)21)37-27-26(35-17(5)30)15(3)14(2)23(38-27)13-33-16(4)29/h1,9-11,14-15,23,26-27H,7-8,12-13H2,2-5H3/t14-,15+,23-,26-,27-/m1/s1. The van der Waals surface area contributed by atoms with Crippen molar-refractivity contribution in [3.63, 3.8) is 0 Å². The fraction of sp³-hybridized carbons (Fsp3) is 0.481. The van der Waals surface area contributed by atoms with Crippen molar-refractivity contribution in [2.45, 2.75) is 65.6 Å². The van der Waals surface area contributed by atoms with Gasteiger partial charge >= 0.3 is 23.5 Å². The maximum absolute atomic E-state index is 12.2. The molecule has 38 heavy (non-hydrogen) atoms. The van der Waals surface area contributed by atoms with Gasteiger partial charge in [-0.15, -0.1) is 12.3 Å². The van der Waals surface area contributed by atoms with E-state index in [0.29, 0.717) is 15.4 Å². The lowest BCUT2D eigenvalue weighted by Crippen LogP contribution is -2.54. The fourth-order valence-electron chi connectivity index (χ4n) is 4.07. The summed E-state index contributed by atoms with van der Waals surface area (Å²) in [7, 11) is 0. The predicted molar refractivity (Wildman–Crippen MR) is 138 cm³/mol. The number of terminal acetylenes is 1. The molecule has 10 nitrogen and oxygen atoms in total. The Labute approximate surface area is 228 Å². The van der Waals surface area contributed by atoms with Crippen LogP contribution in [0.25, 0.3) is 11.0 Å². The molecule has 5 atom stereocenters. The van der Waals surface area contributed by atoms with Gasteiger partial charge in [-0.05, 0) is 27.9 Å². The summed E-state index contributed by atoms with van der Waals surface area (Å²) in [5.74, 6) is 0.857. The maximum atomic E-state index is 12.2. The van der Waals surface area contributed by atoms with E-state index in [0.717, 1.165) is 0 Å². The average Bonchev–Trinajstić information content (AvgIpc) is 2.85. The molecule has 0 N–H and O–H groups in total. The van der Waals surface area contributed by atoms with Gasteiger partial charge in [-0.2, -0.15) is 0 Å². The molecular formula is C27H29BrO10. The number of hydrogen-bond donors (Lipinski definition) is 0. The van der Waals surface area contributed by atoms with Crippen LogP contribution in [-0.4, -0.2) is 43.0 Å². The first-order valence-corrected chi connectivity index (χ1v) is 12.8. The minimum atomic E-state index is -1.05. The average molecular weight is 593 g/mol. The third-order valence-electron chi connectivity index (χ3n) is 6.25. The van der Waals surface area contributed by atoms with E-state index in [1.807, 2.05) is 13.8 Å². The zero-order valence-corrected chi connectivity index (χ0v) is 23.1. The molecule has 1 saturated heterocycles. The molecule has 0 bridgehead atoms. The number of carbonyl (C=O) groups is 3. The molecule has 0 spiro atoms. The quantitative estimate of drug-likeness (QED) is 0.183. The number of esters is 3. The van der Waals surface area contributed by atoms with Crippen LogP contribution in [0, 0.1) is 24.2 Å². The number of carbonyl (C=O) groups excluding carboxylic acids is 3. The zero-order valence-electron chi connectivity index (χ0n) is 21.5. The van der Waals surface area contributed by atoms with Crippen LogP contribution in [0.3, 0.4) is 0 Å². The zero-order chi connectivity index (χ0) is 28.0. The van der Waals surface area contributed by atoms with Crippen molar-refractivity contribution < 1.29 is 42.5 Å². The highest BCUT2D eigenvalue weighted by atomic mass is 79.9. The van der Waals surface area contributed by atoms with Gasteiger partial charge in [0, 0.05) is 49.3 Å². The van der Waals surface area contributed by atoms with Crippen LogP contribution in [0.2, 0.25) is 0 Å². The van der Waals surface area contributed by atoms with E-state index in [9.17, 15) is 19.2 Å². The number of benzene rings is 1. The van der Waals surface area contributed by atoms with Gasteiger partial charge in [0.1, 0.15) is 24.5 Å². The Hall–Kier alpha value is -3.36. The lowest BCUT2D eigenvalue weighted by atomic mass is 9.83. The third-order valence-corrected chi connectivity index (χ3v) is 6.87. The van der Waals surface area contributed by atoms with Crippen LogP contribution in [0.4, 0.5) is 0 Å². The molecule has 0 amide bonds. The Morgan fingerprint density at radius 2 is 1.82 bits per heavy atom. The van der Waals surface area contributed by atoms with E-state index in [2.05, 4.69) is 21.9 Å². The molecule has 2 heterocycles. The Morgan fingerprint density at radius 3 is 2.47 bits per heavy atom. The molecule has 0 unspecified atom stereocenters. The van der Waals surface area contributed by atoms with Crippen molar-refractivity contribution >= 4 is 44.8 Å². The predicted octanol–water partition coefficient (Wildman–Crippen LogP) is 3.88. The van der Waals surface area contributed by atoms with Gasteiger partial charge in [-0.25, -0.2) is 4.79 Å². The molecule has 11 heteroatoms. The van der Waals surface area contributed by atoms with Crippen molar-refractivity contribution in [2.75, 3.05) is 6.61 Å². The van der Waals surface area contributed by atoms with Crippen LogP contribution in [0.1, 0.15) is 46.1 Å². The number of hydrogen-bond acceptors (Lipinski definition) is 10. The Bertz CT molecular complexity index is 1290. The number of ether oxygens (including phenoxy) is 5. The molecule has 0 saturated carbocycles. The highest BCUT2D eigenvalue weighted by Crippen LogP contribution is 2.37. The molecular weight excluding hydrogens is 564 g/mol. The van der Waals surface area contributed by atoms with E-state index >= 15 is 0 Å². The minimum absolute atomic E-state index is 0.00464. The van der Waals surface area contributed by atoms with E-state index in [1.54, 1.807) is 6.07 Å². The lowest BCUT2D eigenvalue weighted by molar-refractivity contribution is -0.253. The monoisotopic (exact) mass is 592 g/mol. The highest BCUT2D eigenvalue weighted by Gasteiger charge is 2.45. The Morgan fingerprint density at radius 1 is 1.08 bits per heavy atom. The first-order chi connectivity index (χ1) is 18.0. The van der Waals surface area contributed by atoms with Crippen LogP contribution in [0.5, 0.6) is 5.75 Å². The van der Waals surface area contributed by atoms with Crippen molar-refractivity contribution in [1.29, 1.82) is 0 Å². The smallest absolute Gasteiger partial charge is 0.336 e. The van der Waals surface area contributed by atoms with E-state index < -0.39 is 42.0 Å². The summed E-state index contributed by atoms with van der Waals surface area (Å²) in [6.45, 7) is 6.26. The second-order valence-corrected chi connectivity index (χ2v) is 9.84. The minimum Gasteiger partial charge on any atom is -0.463 e. The van der Waals surface area contributed by atoms with Crippen LogP contribution in [0.15, 0.2) is 31.9 Å². The Kier molecular flexibility index (Phi) is 9.94. The second-order valence-electron chi connectivity index (χ2n) is 8.99. The van der Waals surface area contributed by atoms with Crippen molar-refractivity contribution in [3.8, 4) is 18.1 Å². The van der Waals surface area contributed by atoms with Gasteiger partial charge in [-0.1, -0.05) is 13.8 Å². The fourth-order valence-corrected chi connectivity index (χ4v) is 4.50. The molecule has 1 aliphatic heterocycles. The summed E-state index contributed by atoms with van der Waals surface area (Å²) >= 11 is 3.47. The van der Waals surface area contributed by atoms with Crippen LogP contribution in [-0.2, 0) is 39.9 Å². The van der Waals surface area contributed by atoms with E-state index in [-0.39, 0.29) is 49.2 Å². The number of fused-ring (bicyclic) bond motifs is 1. The largest absolute Gasteiger partial charge is 0.463 e. The molecule has 1 fully saturated rings. The summed E-state index contributed by atoms with van der Waals surface area (Å²) in [5, 5.41) is 0.518. The molecule has 204 valence electrons. The summed E-state index contributed by atoms with van der Waals surface area (Å²) in [4.78, 5) is 47.3. The first kappa shape index (κ1) is 29.2. The number of halogens is 1. The second kappa shape index (κ2) is 12.9. The first-order valence-electron chi connectivity index (χ1n) is 12.0. The summed E-state index contributed by atoms with van der Waals surface area (Å²) < 4.78 is 34.0. The lowest BCUT2D eigenvalue weighted by Gasteiger charge is -2.43. The highest BCUT2D eigenvalue weighted by molar-refractivity contribution is 9.10. The summed E-state index contributed by atoms with van der Waals surface area (Å²) in [6.07, 6.45) is 3.16. The van der Waals surface area contributed by atoms with Gasteiger partial charge in [0.2, 0.25) is 6.29 Å². The van der Waals surface area contributed by atoms with Crippen molar-refractivity contribution in [1.82, 2.24) is 0 Å². The normalized spacial score (nSPS) is 22.8. The van der Waals surface area contributed by atoms with Crippen LogP contribution >= 0.6 is 15.9 Å². The van der Waals surface area contributed by atoms with Gasteiger partial charge in [-0.3, -0.25) is 14.4 Å². The van der Waals surface area contributed by atoms with E-state index in [4.69, 9.17) is 34.5 Å².